The molecule has 0 radical (unpaired) electrons. The average molecular weight is 195 g/mol. The first-order valence-corrected chi connectivity index (χ1v) is 4.09. The summed E-state index contributed by atoms with van der Waals surface area (Å²) < 4.78 is 0. The molecule has 2 aromatic rings. The Morgan fingerprint density at radius 1 is 1.31 bits per heavy atom. The molecule has 0 saturated carbocycles. The minimum atomic E-state index is 0.357. The van der Waals surface area contributed by atoms with Crippen molar-refractivity contribution < 1.29 is 0 Å². The maximum atomic E-state index is 5.77. The van der Waals surface area contributed by atoms with Gasteiger partial charge in [-0.25, -0.2) is 15.0 Å². The van der Waals surface area contributed by atoms with Crippen molar-refractivity contribution in [2.45, 2.75) is 6.92 Å². The zero-order valence-corrected chi connectivity index (χ0v) is 7.71. The summed E-state index contributed by atoms with van der Waals surface area (Å²) in [7, 11) is 0. The van der Waals surface area contributed by atoms with E-state index in [1.807, 2.05) is 6.92 Å². The highest BCUT2D eigenvalue weighted by Crippen LogP contribution is 2.20. The molecule has 0 unspecified atom stereocenters. The second-order valence-electron chi connectivity index (χ2n) is 2.72. The molecule has 0 bridgehead atoms. The highest BCUT2D eigenvalue weighted by Gasteiger charge is 2.05. The summed E-state index contributed by atoms with van der Waals surface area (Å²) in [5, 5.41) is 0.409. The number of hydrogen-bond donors (Lipinski definition) is 1. The molecule has 0 fully saturated rings. The quantitative estimate of drug-likeness (QED) is 0.647. The van der Waals surface area contributed by atoms with E-state index in [1.54, 1.807) is 6.07 Å². The molecule has 0 aliphatic rings. The van der Waals surface area contributed by atoms with Gasteiger partial charge in [0.1, 0.15) is 17.0 Å². The fourth-order valence-corrected chi connectivity index (χ4v) is 1.43. The Morgan fingerprint density at radius 2 is 2.08 bits per heavy atom. The predicted octanol–water partition coefficient (Wildman–Crippen LogP) is 1.57. The number of rotatable bonds is 0. The summed E-state index contributed by atoms with van der Waals surface area (Å²) in [5.41, 5.74) is 7.88. The van der Waals surface area contributed by atoms with Gasteiger partial charge in [0.25, 0.3) is 0 Å². The standard InChI is InChI=1S/C8H7ClN4/c1-4-2-5(9)13-7-6(4)11-3-12-8(7)10/h2-3H,1H3,(H2,10,11,12). The van der Waals surface area contributed by atoms with Crippen molar-refractivity contribution in [1.82, 2.24) is 15.0 Å². The molecular weight excluding hydrogens is 188 g/mol. The van der Waals surface area contributed by atoms with Gasteiger partial charge in [-0.2, -0.15) is 0 Å². The highest BCUT2D eigenvalue weighted by molar-refractivity contribution is 6.30. The molecule has 0 saturated heterocycles. The third-order valence-electron chi connectivity index (χ3n) is 1.78. The number of pyridine rings is 1. The molecule has 0 aliphatic heterocycles. The smallest absolute Gasteiger partial charge is 0.153 e. The minimum absolute atomic E-state index is 0.357. The minimum Gasteiger partial charge on any atom is -0.382 e. The van der Waals surface area contributed by atoms with E-state index in [1.165, 1.54) is 6.33 Å². The lowest BCUT2D eigenvalue weighted by molar-refractivity contribution is 1.19. The summed E-state index contributed by atoms with van der Waals surface area (Å²) in [4.78, 5) is 12.0. The molecule has 0 aliphatic carbocycles. The molecule has 5 heteroatoms. The van der Waals surface area contributed by atoms with E-state index in [9.17, 15) is 0 Å². The lowest BCUT2D eigenvalue weighted by atomic mass is 10.2. The molecule has 2 aromatic heterocycles. The Hall–Kier alpha value is -1.42. The van der Waals surface area contributed by atoms with Gasteiger partial charge >= 0.3 is 0 Å². The second kappa shape index (κ2) is 2.81. The maximum Gasteiger partial charge on any atom is 0.153 e. The summed E-state index contributed by atoms with van der Waals surface area (Å²) in [5.74, 6) is 0.357. The number of aryl methyl sites for hydroxylation is 1. The van der Waals surface area contributed by atoms with E-state index >= 15 is 0 Å². The van der Waals surface area contributed by atoms with Crippen LogP contribution in [0.1, 0.15) is 5.56 Å². The topological polar surface area (TPSA) is 64.7 Å². The molecule has 13 heavy (non-hydrogen) atoms. The predicted molar refractivity (Wildman–Crippen MR) is 51.5 cm³/mol. The largest absolute Gasteiger partial charge is 0.382 e. The molecular formula is C8H7ClN4. The molecule has 0 atom stereocenters. The lowest BCUT2D eigenvalue weighted by Gasteiger charge is -2.02. The van der Waals surface area contributed by atoms with Crippen molar-refractivity contribution in [2.75, 3.05) is 5.73 Å². The van der Waals surface area contributed by atoms with E-state index < -0.39 is 0 Å². The van der Waals surface area contributed by atoms with Crippen LogP contribution in [0, 0.1) is 6.92 Å². The van der Waals surface area contributed by atoms with Gasteiger partial charge in [-0.1, -0.05) is 11.6 Å². The number of nitrogens with two attached hydrogens (primary N) is 1. The van der Waals surface area contributed by atoms with Crippen LogP contribution in [0.4, 0.5) is 5.82 Å². The maximum absolute atomic E-state index is 5.77. The number of nitrogen functional groups attached to an aromatic ring is 1. The van der Waals surface area contributed by atoms with Crippen LogP contribution in [0.2, 0.25) is 5.15 Å². The zero-order valence-electron chi connectivity index (χ0n) is 6.95. The number of halogens is 1. The van der Waals surface area contributed by atoms with Crippen molar-refractivity contribution in [3.05, 3.63) is 23.1 Å². The summed E-state index contributed by atoms with van der Waals surface area (Å²) in [6.45, 7) is 1.91. The molecule has 0 spiro atoms. The third kappa shape index (κ3) is 1.29. The first-order chi connectivity index (χ1) is 6.18. The molecule has 66 valence electrons. The van der Waals surface area contributed by atoms with E-state index in [2.05, 4.69) is 15.0 Å². The molecule has 0 amide bonds. The first-order valence-electron chi connectivity index (χ1n) is 3.72. The van der Waals surface area contributed by atoms with E-state index in [-0.39, 0.29) is 0 Å². The third-order valence-corrected chi connectivity index (χ3v) is 1.97. The Kier molecular flexibility index (Phi) is 1.77. The molecule has 2 heterocycles. The Labute approximate surface area is 79.8 Å². The van der Waals surface area contributed by atoms with E-state index in [0.717, 1.165) is 11.1 Å². The van der Waals surface area contributed by atoms with Gasteiger partial charge in [0.2, 0.25) is 0 Å². The van der Waals surface area contributed by atoms with E-state index in [4.69, 9.17) is 17.3 Å². The van der Waals surface area contributed by atoms with Crippen LogP contribution in [0.25, 0.3) is 11.0 Å². The Balaban J connectivity index is 2.94. The van der Waals surface area contributed by atoms with Gasteiger partial charge < -0.3 is 5.73 Å². The summed E-state index contributed by atoms with van der Waals surface area (Å²) >= 11 is 5.77. The zero-order chi connectivity index (χ0) is 9.42. The van der Waals surface area contributed by atoms with Crippen LogP contribution in [-0.2, 0) is 0 Å². The SMILES string of the molecule is Cc1cc(Cl)nc2c(N)ncnc12. The second-order valence-corrected chi connectivity index (χ2v) is 3.11. The van der Waals surface area contributed by atoms with Crippen LogP contribution in [0.5, 0.6) is 0 Å². The van der Waals surface area contributed by atoms with Gasteiger partial charge in [0.05, 0.1) is 5.52 Å². The molecule has 0 aromatic carbocycles. The summed E-state index contributed by atoms with van der Waals surface area (Å²) in [6.07, 6.45) is 1.42. The number of hydrogen-bond acceptors (Lipinski definition) is 4. The highest BCUT2D eigenvalue weighted by atomic mass is 35.5. The number of nitrogens with zero attached hydrogens (tertiary/aromatic N) is 3. The molecule has 2 rings (SSSR count). The van der Waals surface area contributed by atoms with Gasteiger partial charge in [0.15, 0.2) is 5.82 Å². The number of fused-ring (bicyclic) bond motifs is 1. The normalized spacial score (nSPS) is 10.6. The van der Waals surface area contributed by atoms with Crippen LogP contribution >= 0.6 is 11.6 Å². The van der Waals surface area contributed by atoms with Gasteiger partial charge in [-0.15, -0.1) is 0 Å². The van der Waals surface area contributed by atoms with Crippen molar-refractivity contribution >= 4 is 28.5 Å². The Bertz CT molecular complexity index is 469. The van der Waals surface area contributed by atoms with E-state index in [0.29, 0.717) is 16.5 Å². The fourth-order valence-electron chi connectivity index (χ4n) is 1.18. The van der Waals surface area contributed by atoms with Gasteiger partial charge in [0, 0.05) is 0 Å². The van der Waals surface area contributed by atoms with Crippen molar-refractivity contribution in [3.63, 3.8) is 0 Å². The van der Waals surface area contributed by atoms with Crippen LogP contribution < -0.4 is 5.73 Å². The Morgan fingerprint density at radius 3 is 2.85 bits per heavy atom. The van der Waals surface area contributed by atoms with Crippen molar-refractivity contribution in [3.8, 4) is 0 Å². The fraction of sp³-hybridized carbons (Fsp3) is 0.125. The monoisotopic (exact) mass is 194 g/mol. The van der Waals surface area contributed by atoms with Crippen molar-refractivity contribution in [2.24, 2.45) is 0 Å². The van der Waals surface area contributed by atoms with Crippen LogP contribution in [0.15, 0.2) is 12.4 Å². The lowest BCUT2D eigenvalue weighted by Crippen LogP contribution is -1.96. The molecule has 4 nitrogen and oxygen atoms in total. The average Bonchev–Trinajstić information content (AvgIpc) is 2.07. The molecule has 2 N–H and O–H groups in total. The summed E-state index contributed by atoms with van der Waals surface area (Å²) in [6, 6.07) is 1.75. The van der Waals surface area contributed by atoms with Crippen molar-refractivity contribution in [1.29, 1.82) is 0 Å². The number of anilines is 1. The van der Waals surface area contributed by atoms with Gasteiger partial charge in [-0.3, -0.25) is 0 Å². The van der Waals surface area contributed by atoms with Crippen LogP contribution in [-0.4, -0.2) is 15.0 Å². The first kappa shape index (κ1) is 8.19. The number of aromatic nitrogens is 3. The van der Waals surface area contributed by atoms with Gasteiger partial charge in [-0.05, 0) is 18.6 Å². The van der Waals surface area contributed by atoms with Crippen LogP contribution in [0.3, 0.4) is 0 Å².